The van der Waals surface area contributed by atoms with Gasteiger partial charge in [-0.05, 0) is 31.4 Å². The summed E-state index contributed by atoms with van der Waals surface area (Å²) in [5.41, 5.74) is 0.962. The lowest BCUT2D eigenvalue weighted by molar-refractivity contribution is -0.133. The summed E-state index contributed by atoms with van der Waals surface area (Å²) in [6, 6.07) is 7.93. The van der Waals surface area contributed by atoms with Crippen molar-refractivity contribution in [2.75, 3.05) is 32.8 Å². The molecule has 15 heteroatoms. The predicted octanol–water partition coefficient (Wildman–Crippen LogP) is 2.92. The van der Waals surface area contributed by atoms with Crippen LogP contribution in [-0.4, -0.2) is 106 Å². The van der Waals surface area contributed by atoms with Crippen LogP contribution < -0.4 is 4.74 Å². The number of aryl methyl sites for hydroxylation is 2. The fourth-order valence-electron chi connectivity index (χ4n) is 5.35. The zero-order valence-corrected chi connectivity index (χ0v) is 27.2. The SMILES string of the molecule is CCc1nccn1CCC(=O)N1CCCCN(C(=O)Cn2ccnc2)CCCOc2cccc(c2)-c2nccn2CC1.O=CO.O=CO. The van der Waals surface area contributed by atoms with Crippen LogP contribution in [-0.2, 0) is 45.2 Å². The summed E-state index contributed by atoms with van der Waals surface area (Å²) in [6.45, 7) is 6.02. The van der Waals surface area contributed by atoms with Gasteiger partial charge in [-0.1, -0.05) is 19.1 Å². The van der Waals surface area contributed by atoms with Crippen LogP contribution in [0.4, 0.5) is 0 Å². The molecule has 15 nitrogen and oxygen atoms in total. The Balaban J connectivity index is 0.000000969. The second kappa shape index (κ2) is 20.6. The van der Waals surface area contributed by atoms with Crippen LogP contribution in [0.15, 0.2) is 67.8 Å². The average Bonchev–Trinajstić information content (AvgIpc) is 3.87. The van der Waals surface area contributed by atoms with E-state index < -0.39 is 0 Å². The van der Waals surface area contributed by atoms with E-state index in [-0.39, 0.29) is 31.3 Å². The van der Waals surface area contributed by atoms with E-state index in [2.05, 4.69) is 31.0 Å². The number of carbonyl (C=O) groups is 4. The molecule has 1 aliphatic rings. The van der Waals surface area contributed by atoms with E-state index in [0.29, 0.717) is 58.7 Å². The molecule has 0 radical (unpaired) electrons. The monoisotopic (exact) mass is 664 g/mol. The van der Waals surface area contributed by atoms with Crippen LogP contribution in [0.3, 0.4) is 0 Å². The van der Waals surface area contributed by atoms with E-state index in [9.17, 15) is 9.59 Å². The molecule has 2 amide bonds. The molecule has 258 valence electrons. The lowest BCUT2D eigenvalue weighted by Crippen LogP contribution is -2.37. The third-order valence-electron chi connectivity index (χ3n) is 7.63. The number of carboxylic acid groups (broad SMARTS) is 2. The molecule has 0 unspecified atom stereocenters. The van der Waals surface area contributed by atoms with E-state index in [4.69, 9.17) is 24.5 Å². The first-order chi connectivity index (χ1) is 23.4. The normalized spacial score (nSPS) is 13.7. The first-order valence-electron chi connectivity index (χ1n) is 15.8. The number of fused-ring (bicyclic) bond motifs is 4. The molecule has 48 heavy (non-hydrogen) atoms. The molecular weight excluding hydrogens is 620 g/mol. The average molecular weight is 665 g/mol. The minimum atomic E-state index is -0.250. The van der Waals surface area contributed by atoms with Gasteiger partial charge in [0.15, 0.2) is 0 Å². The van der Waals surface area contributed by atoms with Gasteiger partial charge in [0.05, 0.1) is 12.9 Å². The number of benzene rings is 1. The van der Waals surface area contributed by atoms with E-state index in [1.807, 2.05) is 46.5 Å². The van der Waals surface area contributed by atoms with Crippen LogP contribution in [0.2, 0.25) is 0 Å². The molecule has 4 aromatic rings. The maximum atomic E-state index is 13.5. The number of rotatable bonds is 6. The van der Waals surface area contributed by atoms with Crippen molar-refractivity contribution in [3.63, 3.8) is 0 Å². The van der Waals surface area contributed by atoms with Gasteiger partial charge in [-0.3, -0.25) is 19.2 Å². The fraction of sp³-hybridized carbons (Fsp3) is 0.424. The molecule has 4 heterocycles. The van der Waals surface area contributed by atoms with E-state index in [1.54, 1.807) is 35.7 Å². The van der Waals surface area contributed by atoms with Crippen molar-refractivity contribution in [3.05, 3.63) is 73.6 Å². The van der Waals surface area contributed by atoms with Crippen molar-refractivity contribution < 1.29 is 34.1 Å². The standard InChI is InChI=1S/C31H40N8O3.2CH2O2/c1-2-28-33-11-18-36(28)16-9-29(40)38-14-4-3-13-37(30(41)24-35-17-10-32-25-35)15-6-22-42-27-8-5-7-26(23-27)31-34-12-19-39(31)21-20-38;2*2-1-3/h5,7-8,10-12,17-19,23,25H,2-4,6,9,13-16,20-22,24H2,1H3;2*1H,(H,2,3). The molecule has 0 fully saturated rings. The van der Waals surface area contributed by atoms with Crippen LogP contribution in [0.1, 0.15) is 38.4 Å². The minimum absolute atomic E-state index is 0.0540. The zero-order chi connectivity index (χ0) is 34.6. The van der Waals surface area contributed by atoms with Crippen LogP contribution in [0.5, 0.6) is 5.75 Å². The van der Waals surface area contributed by atoms with E-state index in [0.717, 1.165) is 42.2 Å². The maximum absolute atomic E-state index is 13.5. The smallest absolute Gasteiger partial charge is 0.290 e. The largest absolute Gasteiger partial charge is 0.494 e. The maximum Gasteiger partial charge on any atom is 0.290 e. The summed E-state index contributed by atoms with van der Waals surface area (Å²) in [6.07, 6.45) is 16.2. The topological polar surface area (TPSA) is 178 Å². The Bertz CT molecular complexity index is 1530. The quantitative estimate of drug-likeness (QED) is 0.291. The number of ether oxygens (including phenoxy) is 1. The summed E-state index contributed by atoms with van der Waals surface area (Å²) in [7, 11) is 0. The van der Waals surface area contributed by atoms with Crippen molar-refractivity contribution in [2.45, 2.75) is 58.7 Å². The van der Waals surface area contributed by atoms with Crippen molar-refractivity contribution in [2.24, 2.45) is 0 Å². The summed E-state index contributed by atoms with van der Waals surface area (Å²) in [5.74, 6) is 2.78. The summed E-state index contributed by atoms with van der Waals surface area (Å²) in [4.78, 5) is 60.3. The molecule has 5 rings (SSSR count). The number of amides is 2. The molecule has 2 bridgehead atoms. The van der Waals surface area contributed by atoms with Crippen molar-refractivity contribution in [1.29, 1.82) is 0 Å². The molecule has 0 saturated carbocycles. The molecule has 2 N–H and O–H groups in total. The lowest BCUT2D eigenvalue weighted by atomic mass is 10.2. The molecule has 0 spiro atoms. The molecule has 3 aromatic heterocycles. The van der Waals surface area contributed by atoms with Gasteiger partial charge in [0, 0.05) is 94.9 Å². The minimum Gasteiger partial charge on any atom is -0.494 e. The van der Waals surface area contributed by atoms with Gasteiger partial charge in [0.1, 0.15) is 23.9 Å². The second-order valence-electron chi connectivity index (χ2n) is 10.7. The Labute approximate surface area is 279 Å². The van der Waals surface area contributed by atoms with E-state index in [1.165, 1.54) is 0 Å². The summed E-state index contributed by atoms with van der Waals surface area (Å²) >= 11 is 0. The summed E-state index contributed by atoms with van der Waals surface area (Å²) < 4.78 is 12.0. The molecule has 0 aliphatic carbocycles. The third kappa shape index (κ3) is 11.7. The van der Waals surface area contributed by atoms with Crippen molar-refractivity contribution in [1.82, 2.24) is 38.5 Å². The third-order valence-corrected chi connectivity index (χ3v) is 7.63. The number of nitrogens with zero attached hydrogens (tertiary/aromatic N) is 8. The molecule has 0 saturated heterocycles. The Kier molecular flexibility index (Phi) is 15.9. The Morgan fingerprint density at radius 2 is 1.58 bits per heavy atom. The number of hydrogen-bond donors (Lipinski definition) is 2. The Morgan fingerprint density at radius 1 is 0.875 bits per heavy atom. The molecule has 1 aliphatic heterocycles. The first kappa shape index (κ1) is 37.0. The van der Waals surface area contributed by atoms with Gasteiger partial charge in [0.2, 0.25) is 11.8 Å². The molecular formula is C33H44N8O7. The van der Waals surface area contributed by atoms with E-state index >= 15 is 0 Å². The molecule has 1 aromatic carbocycles. The Morgan fingerprint density at radius 3 is 2.29 bits per heavy atom. The highest BCUT2D eigenvalue weighted by Gasteiger charge is 2.18. The Hall–Kier alpha value is -5.47. The number of carbonyl (C=O) groups excluding carboxylic acids is 2. The van der Waals surface area contributed by atoms with Gasteiger partial charge in [-0.2, -0.15) is 0 Å². The highest BCUT2D eigenvalue weighted by atomic mass is 16.5. The van der Waals surface area contributed by atoms with Crippen molar-refractivity contribution in [3.8, 4) is 17.1 Å². The van der Waals surface area contributed by atoms with Crippen LogP contribution in [0.25, 0.3) is 11.4 Å². The highest BCUT2D eigenvalue weighted by Crippen LogP contribution is 2.23. The fourth-order valence-corrected chi connectivity index (χ4v) is 5.35. The number of imidazole rings is 3. The zero-order valence-electron chi connectivity index (χ0n) is 27.2. The highest BCUT2D eigenvalue weighted by molar-refractivity contribution is 5.76. The van der Waals surface area contributed by atoms with Gasteiger partial charge in [0.25, 0.3) is 12.9 Å². The van der Waals surface area contributed by atoms with Crippen molar-refractivity contribution >= 4 is 24.8 Å². The van der Waals surface area contributed by atoms with Gasteiger partial charge in [-0.25, -0.2) is 15.0 Å². The number of hydrogen-bond acceptors (Lipinski definition) is 8. The van der Waals surface area contributed by atoms with Gasteiger partial charge < -0.3 is 38.5 Å². The van der Waals surface area contributed by atoms with Crippen LogP contribution >= 0.6 is 0 Å². The van der Waals surface area contributed by atoms with Crippen LogP contribution in [0, 0.1) is 0 Å². The molecule has 0 atom stereocenters. The lowest BCUT2D eigenvalue weighted by Gasteiger charge is -2.26. The van der Waals surface area contributed by atoms with Gasteiger partial charge >= 0.3 is 0 Å². The number of aromatic nitrogens is 6. The van der Waals surface area contributed by atoms with Gasteiger partial charge in [-0.15, -0.1) is 0 Å². The predicted molar refractivity (Wildman–Crippen MR) is 176 cm³/mol. The summed E-state index contributed by atoms with van der Waals surface area (Å²) in [5, 5.41) is 13.8. The first-order valence-corrected chi connectivity index (χ1v) is 15.8. The second-order valence-corrected chi connectivity index (χ2v) is 10.7.